The molecule has 6 heterocycles. The van der Waals surface area contributed by atoms with E-state index in [2.05, 4.69) is 241 Å². The molecule has 6 aliphatic carbocycles. The first kappa shape index (κ1) is 79.5. The molecule has 6 heteroatoms. The average Bonchev–Trinajstić information content (AvgIpc) is 1.69. The highest BCUT2D eigenvalue weighted by atomic mass is 14.7. The van der Waals surface area contributed by atoms with E-state index in [-0.39, 0.29) is 0 Å². The molecule has 0 radical (unpaired) electrons. The molecule has 0 unspecified atom stereocenters. The van der Waals surface area contributed by atoms with Crippen LogP contribution in [0.3, 0.4) is 0 Å². The van der Waals surface area contributed by atoms with E-state index in [1.807, 2.05) is 132 Å². The fourth-order valence-electron chi connectivity index (χ4n) is 13.8. The van der Waals surface area contributed by atoms with Gasteiger partial charge in [0.2, 0.25) is 0 Å². The normalized spacial score (nSPS) is 11.3. The summed E-state index contributed by atoms with van der Waals surface area (Å²) in [7, 11) is 0. The van der Waals surface area contributed by atoms with Gasteiger partial charge in [-0.05, 0) is 266 Å². The van der Waals surface area contributed by atoms with Crippen molar-refractivity contribution >= 4 is 0 Å². The summed E-state index contributed by atoms with van der Waals surface area (Å²) in [5.41, 5.74) is 48.2. The van der Waals surface area contributed by atoms with E-state index in [4.69, 9.17) is 4.98 Å². The molecule has 0 N–H and O–H groups in total. The molecule has 12 aromatic rings. The van der Waals surface area contributed by atoms with Crippen molar-refractivity contribution < 1.29 is 0 Å². The first-order valence-electron chi connectivity index (χ1n) is 37.8. The molecule has 0 saturated carbocycles. The fourth-order valence-corrected chi connectivity index (χ4v) is 13.8. The summed E-state index contributed by atoms with van der Waals surface area (Å²) >= 11 is 0. The lowest BCUT2D eigenvalue weighted by molar-refractivity contribution is 1.05. The predicted molar refractivity (Wildman–Crippen MR) is 440 cm³/mol. The van der Waals surface area contributed by atoms with Gasteiger partial charge >= 0.3 is 0 Å². The van der Waals surface area contributed by atoms with E-state index in [0.717, 1.165) is 49.9 Å². The maximum Gasteiger partial charge on any atom is 0.0743 e. The zero-order valence-electron chi connectivity index (χ0n) is 66.2. The third-order valence-corrected chi connectivity index (χ3v) is 19.7. The van der Waals surface area contributed by atoms with Gasteiger partial charge in [-0.3, -0.25) is 29.9 Å². The van der Waals surface area contributed by atoms with E-state index in [1.54, 1.807) is 0 Å². The van der Waals surface area contributed by atoms with Crippen LogP contribution in [-0.4, -0.2) is 29.9 Å². The second-order valence-electron chi connectivity index (χ2n) is 25.5. The maximum absolute atomic E-state index is 4.69. The maximum atomic E-state index is 4.69. The molecule has 0 atom stereocenters. The van der Waals surface area contributed by atoms with Crippen molar-refractivity contribution in [3.05, 3.63) is 317 Å². The highest BCUT2D eigenvalue weighted by molar-refractivity contribution is 5.81. The van der Waals surface area contributed by atoms with Crippen molar-refractivity contribution in [3.63, 3.8) is 0 Å². The van der Waals surface area contributed by atoms with Crippen LogP contribution >= 0.6 is 0 Å². The van der Waals surface area contributed by atoms with Gasteiger partial charge in [-0.25, -0.2) is 0 Å². The lowest BCUT2D eigenvalue weighted by atomic mass is 9.97. The van der Waals surface area contributed by atoms with Gasteiger partial charge in [0.15, 0.2) is 0 Å². The summed E-state index contributed by atoms with van der Waals surface area (Å²) in [4.78, 5) is 26.8. The molecule has 0 amide bonds. The van der Waals surface area contributed by atoms with Crippen LogP contribution in [0.2, 0.25) is 0 Å². The van der Waals surface area contributed by atoms with Crippen LogP contribution < -0.4 is 0 Å². The first-order valence-corrected chi connectivity index (χ1v) is 37.8. The van der Waals surface area contributed by atoms with Crippen LogP contribution in [-0.2, 0) is 38.5 Å². The van der Waals surface area contributed by atoms with Crippen molar-refractivity contribution in [2.45, 2.75) is 205 Å². The van der Waals surface area contributed by atoms with E-state index in [1.165, 1.54) is 190 Å². The molecule has 0 bridgehead atoms. The fraction of sp³-hybridized carbons (Fsp3) is 0.312. The summed E-state index contributed by atoms with van der Waals surface area (Å²) in [6.07, 6.45) is 17.7. The van der Waals surface area contributed by atoms with Gasteiger partial charge in [-0.15, -0.1) is 0 Å². The predicted octanol–water partition coefficient (Wildman–Crippen LogP) is 25.8. The largest absolute Gasteiger partial charge is 0.264 e. The molecule has 6 aromatic carbocycles. The van der Waals surface area contributed by atoms with Gasteiger partial charge in [-0.2, -0.15) is 0 Å². The zero-order chi connectivity index (χ0) is 74.5. The van der Waals surface area contributed by atoms with Gasteiger partial charge in [0.1, 0.15) is 0 Å². The van der Waals surface area contributed by atoms with Gasteiger partial charge in [0.25, 0.3) is 0 Å². The molecule has 0 saturated heterocycles. The summed E-state index contributed by atoms with van der Waals surface area (Å²) in [6, 6.07) is 52.4. The smallest absolute Gasteiger partial charge is 0.0743 e. The molecule has 6 nitrogen and oxygen atoms in total. The lowest BCUT2D eigenvalue weighted by Crippen LogP contribution is -1.92. The number of fused-ring (bicyclic) bond motifs is 18. The number of hydrogen-bond donors (Lipinski definition) is 0. The summed E-state index contributed by atoms with van der Waals surface area (Å²) in [6.45, 7) is 49.8. The quantitative estimate of drug-likeness (QED) is 0.151. The van der Waals surface area contributed by atoms with Crippen molar-refractivity contribution in [2.24, 2.45) is 0 Å². The number of hydrogen-bond acceptors (Lipinski definition) is 6. The van der Waals surface area contributed by atoms with Gasteiger partial charge in [0, 0.05) is 108 Å². The Hall–Kier alpha value is -9.78. The Morgan fingerprint density at radius 2 is 0.637 bits per heavy atom. The molecule has 0 spiro atoms. The van der Waals surface area contributed by atoms with Gasteiger partial charge < -0.3 is 0 Å². The Balaban J connectivity index is 0.000000166. The van der Waals surface area contributed by atoms with Crippen LogP contribution in [0.5, 0.6) is 0 Å². The molecule has 528 valence electrons. The molecular formula is C96H114N6. The molecule has 0 aliphatic heterocycles. The second-order valence-corrected chi connectivity index (χ2v) is 25.5. The van der Waals surface area contributed by atoms with Crippen LogP contribution in [0, 0.1) is 83.1 Å². The Bertz CT molecular complexity index is 4310. The van der Waals surface area contributed by atoms with Crippen molar-refractivity contribution in [1.82, 2.24) is 29.9 Å². The highest BCUT2D eigenvalue weighted by Crippen LogP contribution is 2.43. The summed E-state index contributed by atoms with van der Waals surface area (Å²) < 4.78 is 0. The van der Waals surface area contributed by atoms with Crippen LogP contribution in [0.25, 0.3) is 67.2 Å². The van der Waals surface area contributed by atoms with Gasteiger partial charge in [0.05, 0.1) is 22.8 Å². The summed E-state index contributed by atoms with van der Waals surface area (Å²) in [5, 5.41) is 0. The second kappa shape index (κ2) is 37.8. The molecule has 18 rings (SSSR count). The minimum Gasteiger partial charge on any atom is -0.264 e. The zero-order valence-corrected chi connectivity index (χ0v) is 66.2. The van der Waals surface area contributed by atoms with E-state index >= 15 is 0 Å². The average molecular weight is 1350 g/mol. The number of benzene rings is 6. The molecule has 102 heavy (non-hydrogen) atoms. The van der Waals surface area contributed by atoms with Crippen LogP contribution in [0.4, 0.5) is 0 Å². The monoisotopic (exact) mass is 1350 g/mol. The SMILES string of the molecule is CC.CC.CC.CC.CC.CC.Cc1cc2c(cc1C)-c1cnccc1C2.Cc1cc2c(cc1C)-c1ncccc1C2.Cc1cc2c(nc1C)-c1ccccc1C2.Cc1cc2c(nc1C)Cc1ccccc1-2.Cc1ccc2c(c1C)-c1cnccc1C2.Cc1ccc2c(c1C)-c1ncccc1C2. The van der Waals surface area contributed by atoms with Crippen molar-refractivity contribution in [1.29, 1.82) is 0 Å². The van der Waals surface area contributed by atoms with Crippen LogP contribution in [0.15, 0.2) is 183 Å². The van der Waals surface area contributed by atoms with Gasteiger partial charge in [-0.1, -0.05) is 192 Å². The molecule has 6 aliphatic rings. The number of pyridine rings is 6. The highest BCUT2D eigenvalue weighted by Gasteiger charge is 2.26. The summed E-state index contributed by atoms with van der Waals surface area (Å²) in [5.74, 6) is 0. The number of aryl methyl sites for hydroxylation is 10. The Labute approximate surface area is 614 Å². The molecule has 0 fully saturated rings. The number of rotatable bonds is 0. The van der Waals surface area contributed by atoms with E-state index < -0.39 is 0 Å². The van der Waals surface area contributed by atoms with E-state index in [9.17, 15) is 0 Å². The van der Waals surface area contributed by atoms with Crippen molar-refractivity contribution in [2.75, 3.05) is 0 Å². The van der Waals surface area contributed by atoms with Crippen molar-refractivity contribution in [3.8, 4) is 67.2 Å². The Morgan fingerprint density at radius 3 is 1.25 bits per heavy atom. The number of nitrogens with zero attached hydrogens (tertiary/aromatic N) is 6. The Kier molecular flexibility index (Phi) is 29.4. The first-order chi connectivity index (χ1) is 49.6. The Morgan fingerprint density at radius 1 is 0.235 bits per heavy atom. The topological polar surface area (TPSA) is 77.3 Å². The minimum atomic E-state index is 0.993. The minimum absolute atomic E-state index is 0.993. The molecule has 6 aromatic heterocycles. The standard InChI is InChI=1S/6C14H13N.6C2H6/c1-9-5-12-7-11-3-4-15-8-14(11)13(12)6-10(9)2;1-9-3-4-12-7-11-5-6-15-8-13(11)14(12)10(9)2;1-9-5-6-11-8-12-4-3-7-15-14(12)13(11)10(9)2;1-9-6-12-8-11-4-3-5-15-14(11)13(12)7-10(9)2;1-9-7-12-8-11-5-3-4-6-13(11)14(12)15-10(9)2;1-9-7-13-12-6-4-3-5-11(12)8-14(13)15-10(9)2;6*1-2/h2*3-6,8H,7H2,1-2H3;4*3-7H,8H2,1-2H3;6*1-2H3. The number of aromatic nitrogens is 6. The van der Waals surface area contributed by atoms with E-state index in [0.29, 0.717) is 0 Å². The lowest BCUT2D eigenvalue weighted by Gasteiger charge is -2.07. The third kappa shape index (κ3) is 17.6. The third-order valence-electron chi connectivity index (χ3n) is 19.7. The molecular weight excluding hydrogens is 1240 g/mol. The van der Waals surface area contributed by atoms with Crippen LogP contribution in [0.1, 0.15) is 217 Å².